The summed E-state index contributed by atoms with van der Waals surface area (Å²) < 4.78 is 1.01. The van der Waals surface area contributed by atoms with E-state index in [0.29, 0.717) is 12.2 Å². The minimum atomic E-state index is -0.0122. The van der Waals surface area contributed by atoms with E-state index in [-0.39, 0.29) is 5.91 Å². The van der Waals surface area contributed by atoms with Crippen molar-refractivity contribution in [3.05, 3.63) is 76.8 Å². The molecule has 0 N–H and O–H groups in total. The predicted molar refractivity (Wildman–Crippen MR) is 85.8 cm³/mol. The van der Waals surface area contributed by atoms with E-state index in [0.717, 1.165) is 15.6 Å². The lowest BCUT2D eigenvalue weighted by molar-refractivity contribution is -0.126. The van der Waals surface area contributed by atoms with Gasteiger partial charge in [-0.2, -0.15) is 0 Å². The van der Waals surface area contributed by atoms with Gasteiger partial charge < -0.3 is 4.90 Å². The lowest BCUT2D eigenvalue weighted by Crippen LogP contribution is -2.26. The molecular weight excluding hydrogens is 314 g/mol. The van der Waals surface area contributed by atoms with Crippen molar-refractivity contribution in [3.63, 3.8) is 0 Å². The van der Waals surface area contributed by atoms with Crippen molar-refractivity contribution >= 4 is 27.5 Å². The molecule has 0 atom stereocenters. The van der Waals surface area contributed by atoms with Crippen LogP contribution >= 0.6 is 15.9 Å². The van der Waals surface area contributed by atoms with Crippen LogP contribution in [0.15, 0.2) is 65.6 Å². The second-order valence-electron chi connectivity index (χ2n) is 4.54. The monoisotopic (exact) mass is 329 g/mol. The van der Waals surface area contributed by atoms with E-state index in [9.17, 15) is 4.79 Å². The SMILES string of the molecule is C=C(c1ccc(Br)cc1)N(Cc1ccccc1)C(C)=O. The zero-order valence-corrected chi connectivity index (χ0v) is 12.9. The lowest BCUT2D eigenvalue weighted by Gasteiger charge is -2.23. The molecule has 0 fully saturated rings. The number of carbonyl (C=O) groups excluding carboxylic acids is 1. The molecule has 2 aromatic rings. The maximum absolute atomic E-state index is 11.9. The van der Waals surface area contributed by atoms with E-state index in [4.69, 9.17) is 0 Å². The average molecular weight is 330 g/mol. The van der Waals surface area contributed by atoms with Gasteiger partial charge in [-0.05, 0) is 23.3 Å². The van der Waals surface area contributed by atoms with Crippen molar-refractivity contribution < 1.29 is 4.79 Å². The minimum Gasteiger partial charge on any atom is -0.308 e. The third-order valence-corrected chi connectivity index (χ3v) is 3.60. The minimum absolute atomic E-state index is 0.0122. The molecule has 0 aliphatic rings. The third-order valence-electron chi connectivity index (χ3n) is 3.07. The van der Waals surface area contributed by atoms with Gasteiger partial charge in [0.1, 0.15) is 0 Å². The van der Waals surface area contributed by atoms with Gasteiger partial charge in [0.15, 0.2) is 0 Å². The van der Waals surface area contributed by atoms with Crippen LogP contribution in [0.1, 0.15) is 18.1 Å². The highest BCUT2D eigenvalue weighted by atomic mass is 79.9. The van der Waals surface area contributed by atoms with Crippen LogP contribution in [0.5, 0.6) is 0 Å². The maximum Gasteiger partial charge on any atom is 0.224 e. The number of hydrogen-bond donors (Lipinski definition) is 0. The summed E-state index contributed by atoms with van der Waals surface area (Å²) in [5.74, 6) is -0.0122. The van der Waals surface area contributed by atoms with Crippen LogP contribution in [-0.4, -0.2) is 10.8 Å². The van der Waals surface area contributed by atoms with Crippen LogP contribution in [0.2, 0.25) is 0 Å². The van der Waals surface area contributed by atoms with Crippen molar-refractivity contribution in [2.75, 3.05) is 0 Å². The Morgan fingerprint density at radius 1 is 1.10 bits per heavy atom. The van der Waals surface area contributed by atoms with E-state index in [1.807, 2.05) is 54.6 Å². The van der Waals surface area contributed by atoms with Crippen molar-refractivity contribution in [2.45, 2.75) is 13.5 Å². The molecule has 0 saturated carbocycles. The van der Waals surface area contributed by atoms with E-state index in [1.165, 1.54) is 0 Å². The highest BCUT2D eigenvalue weighted by Gasteiger charge is 2.14. The Morgan fingerprint density at radius 2 is 1.70 bits per heavy atom. The van der Waals surface area contributed by atoms with Crippen molar-refractivity contribution in [2.24, 2.45) is 0 Å². The summed E-state index contributed by atoms with van der Waals surface area (Å²) in [4.78, 5) is 13.6. The van der Waals surface area contributed by atoms with Crippen LogP contribution in [-0.2, 0) is 11.3 Å². The van der Waals surface area contributed by atoms with Crippen LogP contribution in [0, 0.1) is 0 Å². The molecule has 0 bridgehead atoms. The van der Waals surface area contributed by atoms with Crippen LogP contribution in [0.3, 0.4) is 0 Å². The van der Waals surface area contributed by atoms with E-state index in [2.05, 4.69) is 22.5 Å². The largest absolute Gasteiger partial charge is 0.308 e. The lowest BCUT2D eigenvalue weighted by atomic mass is 10.1. The molecular formula is C17H16BrNO. The molecule has 2 aromatic carbocycles. The normalized spacial score (nSPS) is 10.1. The summed E-state index contributed by atoms with van der Waals surface area (Å²) >= 11 is 3.40. The zero-order valence-electron chi connectivity index (χ0n) is 11.3. The predicted octanol–water partition coefficient (Wildman–Crippen LogP) is 4.47. The Labute approximate surface area is 127 Å². The van der Waals surface area contributed by atoms with Gasteiger partial charge in [0.25, 0.3) is 0 Å². The van der Waals surface area contributed by atoms with Gasteiger partial charge in [0.05, 0.1) is 6.54 Å². The van der Waals surface area contributed by atoms with Crippen LogP contribution in [0.25, 0.3) is 5.70 Å². The molecule has 20 heavy (non-hydrogen) atoms. The Morgan fingerprint density at radius 3 is 2.25 bits per heavy atom. The molecule has 102 valence electrons. The van der Waals surface area contributed by atoms with Gasteiger partial charge in [-0.25, -0.2) is 0 Å². The number of halogens is 1. The summed E-state index contributed by atoms with van der Waals surface area (Å²) in [7, 11) is 0. The summed E-state index contributed by atoms with van der Waals surface area (Å²) in [6.45, 7) is 6.16. The number of nitrogens with zero attached hydrogens (tertiary/aromatic N) is 1. The topological polar surface area (TPSA) is 20.3 Å². The summed E-state index contributed by atoms with van der Waals surface area (Å²) in [5, 5.41) is 0. The molecule has 0 saturated heterocycles. The fourth-order valence-corrected chi connectivity index (χ4v) is 2.23. The second-order valence-corrected chi connectivity index (χ2v) is 5.46. The standard InChI is InChI=1S/C17H16BrNO/c1-13(16-8-10-17(18)11-9-16)19(14(2)20)12-15-6-4-3-5-7-15/h3-11H,1,12H2,2H3. The first kappa shape index (κ1) is 14.5. The smallest absolute Gasteiger partial charge is 0.224 e. The Hall–Kier alpha value is -1.87. The van der Waals surface area contributed by atoms with Crippen molar-refractivity contribution in [3.8, 4) is 0 Å². The highest BCUT2D eigenvalue weighted by molar-refractivity contribution is 9.10. The Bertz CT molecular complexity index is 605. The second kappa shape index (κ2) is 6.53. The van der Waals surface area contributed by atoms with Gasteiger partial charge >= 0.3 is 0 Å². The molecule has 0 spiro atoms. The summed E-state index contributed by atoms with van der Waals surface area (Å²) in [6, 6.07) is 17.7. The number of hydrogen-bond acceptors (Lipinski definition) is 1. The quantitative estimate of drug-likeness (QED) is 0.810. The van der Waals surface area contributed by atoms with Gasteiger partial charge in [0.2, 0.25) is 5.91 Å². The van der Waals surface area contributed by atoms with E-state index < -0.39 is 0 Å². The van der Waals surface area contributed by atoms with Gasteiger partial charge in [0, 0.05) is 17.1 Å². The van der Waals surface area contributed by atoms with E-state index in [1.54, 1.807) is 11.8 Å². The van der Waals surface area contributed by atoms with Crippen LogP contribution in [0.4, 0.5) is 0 Å². The number of benzene rings is 2. The molecule has 2 rings (SSSR count). The molecule has 0 unspecified atom stereocenters. The summed E-state index contributed by atoms with van der Waals surface area (Å²) in [5.41, 5.74) is 2.74. The van der Waals surface area contributed by atoms with Gasteiger partial charge in [-0.3, -0.25) is 4.79 Å². The first-order chi connectivity index (χ1) is 9.58. The molecule has 0 aliphatic heterocycles. The zero-order chi connectivity index (χ0) is 14.5. The van der Waals surface area contributed by atoms with Crippen molar-refractivity contribution in [1.82, 2.24) is 4.90 Å². The number of rotatable bonds is 4. The Kier molecular flexibility index (Phi) is 4.74. The fourth-order valence-electron chi connectivity index (χ4n) is 1.96. The first-order valence-electron chi connectivity index (χ1n) is 6.35. The highest BCUT2D eigenvalue weighted by Crippen LogP contribution is 2.22. The average Bonchev–Trinajstić information content (AvgIpc) is 2.45. The van der Waals surface area contributed by atoms with Gasteiger partial charge in [-0.1, -0.05) is 65.0 Å². The molecule has 0 heterocycles. The Balaban J connectivity index is 2.22. The van der Waals surface area contributed by atoms with Gasteiger partial charge in [-0.15, -0.1) is 0 Å². The number of amides is 1. The van der Waals surface area contributed by atoms with Crippen LogP contribution < -0.4 is 0 Å². The third kappa shape index (κ3) is 3.58. The first-order valence-corrected chi connectivity index (χ1v) is 7.14. The molecule has 1 amide bonds. The molecule has 0 aliphatic carbocycles. The fraction of sp³-hybridized carbons (Fsp3) is 0.118. The molecule has 0 aromatic heterocycles. The number of carbonyl (C=O) groups is 1. The summed E-state index contributed by atoms with van der Waals surface area (Å²) in [6.07, 6.45) is 0. The van der Waals surface area contributed by atoms with Crippen molar-refractivity contribution in [1.29, 1.82) is 0 Å². The van der Waals surface area contributed by atoms with E-state index >= 15 is 0 Å². The molecule has 3 heteroatoms. The maximum atomic E-state index is 11.9. The molecule has 2 nitrogen and oxygen atoms in total. The molecule has 0 radical (unpaired) electrons.